The minimum Gasteiger partial charge on any atom is -0.315 e. The molecule has 1 N–H and O–H groups in total. The number of aryl methyl sites for hydroxylation is 1. The Balaban J connectivity index is 2.93. The SMILES string of the molecule is CNC(Cc1nnn(C)n1)C(C)(C)S(C)(=O)=O. The van der Waals surface area contributed by atoms with Gasteiger partial charge in [-0.25, -0.2) is 8.42 Å². The molecule has 0 radical (unpaired) electrons. The zero-order chi connectivity index (χ0) is 13.3. The fourth-order valence-corrected chi connectivity index (χ4v) is 2.26. The van der Waals surface area contributed by atoms with E-state index in [9.17, 15) is 8.42 Å². The summed E-state index contributed by atoms with van der Waals surface area (Å²) in [5.41, 5.74) is 0. The van der Waals surface area contributed by atoms with E-state index in [1.165, 1.54) is 11.1 Å². The van der Waals surface area contributed by atoms with Gasteiger partial charge in [0.1, 0.15) is 0 Å². The molecule has 8 heteroatoms. The van der Waals surface area contributed by atoms with Crippen LogP contribution in [0.1, 0.15) is 19.7 Å². The first-order valence-electron chi connectivity index (χ1n) is 5.28. The normalized spacial score (nSPS) is 14.9. The van der Waals surface area contributed by atoms with Crippen molar-refractivity contribution in [1.29, 1.82) is 0 Å². The lowest BCUT2D eigenvalue weighted by Gasteiger charge is -2.31. The van der Waals surface area contributed by atoms with Crippen molar-refractivity contribution in [2.24, 2.45) is 7.05 Å². The molecule has 98 valence electrons. The fraction of sp³-hybridized carbons (Fsp3) is 0.889. The minimum absolute atomic E-state index is 0.262. The molecule has 1 unspecified atom stereocenters. The van der Waals surface area contributed by atoms with E-state index in [2.05, 4.69) is 20.7 Å². The van der Waals surface area contributed by atoms with Crippen LogP contribution in [0.25, 0.3) is 0 Å². The molecule has 0 spiro atoms. The van der Waals surface area contributed by atoms with Crippen LogP contribution in [0.3, 0.4) is 0 Å². The van der Waals surface area contributed by atoms with Gasteiger partial charge in [-0.1, -0.05) is 0 Å². The molecule has 0 bridgehead atoms. The summed E-state index contributed by atoms with van der Waals surface area (Å²) in [6, 6.07) is -0.262. The number of hydrogen-bond acceptors (Lipinski definition) is 6. The van der Waals surface area contributed by atoms with Gasteiger partial charge in [-0.15, -0.1) is 10.2 Å². The summed E-state index contributed by atoms with van der Waals surface area (Å²) >= 11 is 0. The molecule has 0 saturated heterocycles. The Kier molecular flexibility index (Phi) is 3.88. The van der Waals surface area contributed by atoms with Crippen molar-refractivity contribution in [3.8, 4) is 0 Å². The van der Waals surface area contributed by atoms with Crippen molar-refractivity contribution in [3.05, 3.63) is 5.82 Å². The van der Waals surface area contributed by atoms with E-state index in [1.54, 1.807) is 27.9 Å². The van der Waals surface area contributed by atoms with E-state index in [1.807, 2.05) is 0 Å². The van der Waals surface area contributed by atoms with E-state index in [0.717, 1.165) is 0 Å². The summed E-state index contributed by atoms with van der Waals surface area (Å²) in [6.07, 6.45) is 1.66. The number of nitrogens with zero attached hydrogens (tertiary/aromatic N) is 4. The summed E-state index contributed by atoms with van der Waals surface area (Å²) < 4.78 is 22.6. The van der Waals surface area contributed by atoms with Crippen molar-refractivity contribution >= 4 is 9.84 Å². The highest BCUT2D eigenvalue weighted by Crippen LogP contribution is 2.21. The highest BCUT2D eigenvalue weighted by Gasteiger charge is 2.38. The number of rotatable bonds is 5. The summed E-state index contributed by atoms with van der Waals surface area (Å²) in [5.74, 6) is 0.531. The van der Waals surface area contributed by atoms with Crippen molar-refractivity contribution in [2.45, 2.75) is 31.1 Å². The monoisotopic (exact) mass is 261 g/mol. The summed E-state index contributed by atoms with van der Waals surface area (Å²) in [6.45, 7) is 3.39. The van der Waals surface area contributed by atoms with Crippen LogP contribution in [0.2, 0.25) is 0 Å². The lowest BCUT2D eigenvalue weighted by Crippen LogP contribution is -2.51. The van der Waals surface area contributed by atoms with Crippen LogP contribution < -0.4 is 5.32 Å². The molecule has 0 saturated carbocycles. The Morgan fingerprint density at radius 2 is 2.06 bits per heavy atom. The van der Waals surface area contributed by atoms with Gasteiger partial charge in [-0.2, -0.15) is 4.80 Å². The molecule has 0 amide bonds. The van der Waals surface area contributed by atoms with E-state index < -0.39 is 14.6 Å². The van der Waals surface area contributed by atoms with Gasteiger partial charge in [-0.3, -0.25) is 0 Å². The Hall–Kier alpha value is -1.02. The summed E-state index contributed by atoms with van der Waals surface area (Å²) in [4.78, 5) is 1.36. The van der Waals surface area contributed by atoms with Crippen LogP contribution in [0, 0.1) is 0 Å². The Morgan fingerprint density at radius 3 is 2.41 bits per heavy atom. The number of hydrogen-bond donors (Lipinski definition) is 1. The van der Waals surface area contributed by atoms with Crippen LogP contribution in [-0.4, -0.2) is 52.7 Å². The van der Waals surface area contributed by atoms with Crippen molar-refractivity contribution < 1.29 is 8.42 Å². The number of aromatic nitrogens is 4. The summed E-state index contributed by atoms with van der Waals surface area (Å²) in [7, 11) is 0.231. The molecule has 0 aromatic carbocycles. The maximum atomic E-state index is 11.7. The highest BCUT2D eigenvalue weighted by molar-refractivity contribution is 7.92. The van der Waals surface area contributed by atoms with Crippen LogP contribution in [0.5, 0.6) is 0 Å². The summed E-state index contributed by atoms with van der Waals surface area (Å²) in [5, 5.41) is 14.7. The lowest BCUT2D eigenvalue weighted by molar-refractivity contribution is 0.424. The molecule has 0 fully saturated rings. The molecule has 1 aromatic rings. The standard InChI is InChI=1S/C9H19N5O2S/c1-9(2,17(5,15)16)7(10-3)6-8-11-13-14(4)12-8/h7,10H,6H2,1-5H3. The van der Waals surface area contributed by atoms with Crippen molar-refractivity contribution in [3.63, 3.8) is 0 Å². The third kappa shape index (κ3) is 3.01. The maximum Gasteiger partial charge on any atom is 0.176 e. The Labute approximate surface area is 102 Å². The first-order chi connectivity index (χ1) is 7.68. The first kappa shape index (κ1) is 14.0. The zero-order valence-electron chi connectivity index (χ0n) is 10.8. The third-order valence-electron chi connectivity index (χ3n) is 3.08. The Morgan fingerprint density at radius 1 is 1.47 bits per heavy atom. The molecule has 17 heavy (non-hydrogen) atoms. The van der Waals surface area contributed by atoms with Gasteiger partial charge in [0.05, 0.1) is 11.8 Å². The fourth-order valence-electron chi connectivity index (χ4n) is 1.54. The second kappa shape index (κ2) is 4.69. The molecular formula is C9H19N5O2S. The Bertz CT molecular complexity index is 479. The van der Waals surface area contributed by atoms with Gasteiger partial charge in [0, 0.05) is 18.7 Å². The molecule has 1 aromatic heterocycles. The van der Waals surface area contributed by atoms with Gasteiger partial charge in [0.2, 0.25) is 0 Å². The molecular weight excluding hydrogens is 242 g/mol. The van der Waals surface area contributed by atoms with Crippen LogP contribution in [0.4, 0.5) is 0 Å². The van der Waals surface area contributed by atoms with E-state index in [-0.39, 0.29) is 6.04 Å². The van der Waals surface area contributed by atoms with E-state index >= 15 is 0 Å². The van der Waals surface area contributed by atoms with Crippen LogP contribution in [-0.2, 0) is 23.3 Å². The topological polar surface area (TPSA) is 89.8 Å². The molecule has 1 atom stereocenters. The van der Waals surface area contributed by atoms with Crippen LogP contribution >= 0.6 is 0 Å². The second-order valence-corrected chi connectivity index (χ2v) is 7.21. The number of sulfone groups is 1. The van der Waals surface area contributed by atoms with Gasteiger partial charge >= 0.3 is 0 Å². The maximum absolute atomic E-state index is 11.7. The molecule has 7 nitrogen and oxygen atoms in total. The molecule has 0 aliphatic carbocycles. The molecule has 0 aliphatic rings. The largest absolute Gasteiger partial charge is 0.315 e. The average molecular weight is 261 g/mol. The van der Waals surface area contributed by atoms with E-state index in [4.69, 9.17) is 0 Å². The van der Waals surface area contributed by atoms with Gasteiger partial charge in [0.15, 0.2) is 15.7 Å². The van der Waals surface area contributed by atoms with Crippen molar-refractivity contribution in [1.82, 2.24) is 25.5 Å². The predicted octanol–water partition coefficient (Wildman–Crippen LogP) is -0.836. The highest BCUT2D eigenvalue weighted by atomic mass is 32.2. The average Bonchev–Trinajstić information content (AvgIpc) is 2.58. The number of tetrazole rings is 1. The zero-order valence-corrected chi connectivity index (χ0v) is 11.6. The van der Waals surface area contributed by atoms with Gasteiger partial charge in [-0.05, 0) is 26.1 Å². The van der Waals surface area contributed by atoms with Crippen molar-refractivity contribution in [2.75, 3.05) is 13.3 Å². The molecule has 1 rings (SSSR count). The lowest BCUT2D eigenvalue weighted by atomic mass is 10.00. The minimum atomic E-state index is -3.17. The van der Waals surface area contributed by atoms with Crippen LogP contribution in [0.15, 0.2) is 0 Å². The number of nitrogens with one attached hydrogen (secondary N) is 1. The quantitative estimate of drug-likeness (QED) is 0.743. The van der Waals surface area contributed by atoms with Gasteiger partial charge in [0.25, 0.3) is 0 Å². The third-order valence-corrected chi connectivity index (χ3v) is 5.28. The van der Waals surface area contributed by atoms with Gasteiger partial charge < -0.3 is 5.32 Å². The molecule has 0 aliphatic heterocycles. The van der Waals surface area contributed by atoms with E-state index in [0.29, 0.717) is 12.2 Å². The molecule has 1 heterocycles. The smallest absolute Gasteiger partial charge is 0.176 e. The number of likely N-dealkylation sites (N-methyl/N-ethyl adjacent to an activating group) is 1. The second-order valence-electron chi connectivity index (χ2n) is 4.62. The predicted molar refractivity (Wildman–Crippen MR) is 64.3 cm³/mol. The first-order valence-corrected chi connectivity index (χ1v) is 7.17.